The van der Waals surface area contributed by atoms with Gasteiger partial charge in [-0.05, 0) is 38.0 Å². The van der Waals surface area contributed by atoms with E-state index in [0.29, 0.717) is 12.1 Å². The second-order valence-corrected chi connectivity index (χ2v) is 4.59. The molecule has 1 saturated carbocycles. The number of rotatable bonds is 5. The van der Waals surface area contributed by atoms with Crippen LogP contribution in [0.25, 0.3) is 0 Å². The van der Waals surface area contributed by atoms with Crippen molar-refractivity contribution in [2.24, 2.45) is 0 Å². The molecule has 0 spiro atoms. The van der Waals surface area contributed by atoms with E-state index in [1.807, 2.05) is 31.2 Å². The summed E-state index contributed by atoms with van der Waals surface area (Å²) in [4.78, 5) is 11.1. The minimum atomic E-state index is -0.461. The zero-order valence-electron chi connectivity index (χ0n) is 11.3. The maximum atomic E-state index is 11.1. The summed E-state index contributed by atoms with van der Waals surface area (Å²) in [6.07, 6.45) is 1.99. The second kappa shape index (κ2) is 6.43. The molecule has 2 rings (SSSR count). The number of carbonyl (C=O) groups excluding carboxylic acids is 1. The number of amides is 1. The Labute approximate surface area is 113 Å². The molecule has 1 aromatic carbocycles. The number of ether oxygens (including phenoxy) is 2. The average molecular weight is 264 g/mol. The van der Waals surface area contributed by atoms with Crippen LogP contribution < -0.4 is 10.6 Å². The number of hydrogen-bond acceptors (Lipinski definition) is 4. The van der Waals surface area contributed by atoms with E-state index in [4.69, 9.17) is 4.74 Å². The topological polar surface area (TPSA) is 59.6 Å². The summed E-state index contributed by atoms with van der Waals surface area (Å²) in [5.74, 6) is 0. The van der Waals surface area contributed by atoms with E-state index in [0.717, 1.165) is 30.8 Å². The summed E-state index contributed by atoms with van der Waals surface area (Å²) in [7, 11) is 1.35. The molecule has 19 heavy (non-hydrogen) atoms. The highest BCUT2D eigenvalue weighted by molar-refractivity contribution is 5.85. The van der Waals surface area contributed by atoms with Crippen LogP contribution in [0.2, 0.25) is 0 Å². The summed E-state index contributed by atoms with van der Waals surface area (Å²) in [6, 6.07) is 8.05. The van der Waals surface area contributed by atoms with Crippen molar-refractivity contribution in [3.05, 3.63) is 24.3 Å². The summed E-state index contributed by atoms with van der Waals surface area (Å²) < 4.78 is 10.1. The first-order valence-electron chi connectivity index (χ1n) is 6.54. The lowest BCUT2D eigenvalue weighted by molar-refractivity contribution is 0.00299. The Morgan fingerprint density at radius 3 is 2.79 bits per heavy atom. The van der Waals surface area contributed by atoms with Gasteiger partial charge in [-0.15, -0.1) is 0 Å². The Hall–Kier alpha value is -1.75. The zero-order chi connectivity index (χ0) is 13.7. The van der Waals surface area contributed by atoms with Crippen molar-refractivity contribution in [1.29, 1.82) is 0 Å². The van der Waals surface area contributed by atoms with Crippen LogP contribution in [0.15, 0.2) is 24.3 Å². The first-order valence-corrected chi connectivity index (χ1v) is 6.54. The van der Waals surface area contributed by atoms with E-state index in [9.17, 15) is 4.79 Å². The molecule has 0 atom stereocenters. The highest BCUT2D eigenvalue weighted by atomic mass is 16.5. The van der Waals surface area contributed by atoms with Gasteiger partial charge in [0.1, 0.15) is 0 Å². The molecule has 1 amide bonds. The monoisotopic (exact) mass is 264 g/mol. The molecule has 1 aliphatic carbocycles. The molecule has 1 aliphatic rings. The van der Waals surface area contributed by atoms with E-state index in [1.54, 1.807) is 0 Å². The van der Waals surface area contributed by atoms with Gasteiger partial charge in [-0.3, -0.25) is 5.32 Å². The van der Waals surface area contributed by atoms with Crippen molar-refractivity contribution in [1.82, 2.24) is 0 Å². The normalized spacial score (nSPS) is 21.4. The predicted molar refractivity (Wildman–Crippen MR) is 74.5 cm³/mol. The first kappa shape index (κ1) is 13.7. The Kier molecular flexibility index (Phi) is 4.63. The molecule has 0 heterocycles. The maximum absolute atomic E-state index is 11.1. The lowest BCUT2D eigenvalue weighted by Gasteiger charge is -2.36. The molecule has 1 fully saturated rings. The largest absolute Gasteiger partial charge is 0.453 e. The lowest BCUT2D eigenvalue weighted by atomic mass is 9.89. The van der Waals surface area contributed by atoms with Crippen LogP contribution in [0.1, 0.15) is 19.8 Å². The fourth-order valence-electron chi connectivity index (χ4n) is 2.15. The molecule has 5 heteroatoms. The molecule has 0 bridgehead atoms. The van der Waals surface area contributed by atoms with Gasteiger partial charge in [-0.25, -0.2) is 4.79 Å². The van der Waals surface area contributed by atoms with Gasteiger partial charge >= 0.3 is 6.09 Å². The number of anilines is 2. The van der Waals surface area contributed by atoms with Crippen molar-refractivity contribution in [3.8, 4) is 0 Å². The Bertz CT molecular complexity index is 430. The van der Waals surface area contributed by atoms with Crippen LogP contribution in [0.4, 0.5) is 16.2 Å². The van der Waals surface area contributed by atoms with E-state index in [1.165, 1.54) is 7.11 Å². The first-order chi connectivity index (χ1) is 9.21. The molecule has 0 unspecified atom stereocenters. The van der Waals surface area contributed by atoms with Gasteiger partial charge in [0.05, 0.1) is 13.2 Å². The summed E-state index contributed by atoms with van der Waals surface area (Å²) in [6.45, 7) is 2.79. The number of methoxy groups -OCH3 is 1. The van der Waals surface area contributed by atoms with E-state index >= 15 is 0 Å². The average Bonchev–Trinajstić information content (AvgIpc) is 2.36. The van der Waals surface area contributed by atoms with Crippen LogP contribution in [0.5, 0.6) is 0 Å². The van der Waals surface area contributed by atoms with Crippen molar-refractivity contribution in [2.75, 3.05) is 24.4 Å². The molecular weight excluding hydrogens is 244 g/mol. The van der Waals surface area contributed by atoms with Gasteiger partial charge in [-0.2, -0.15) is 0 Å². The van der Waals surface area contributed by atoms with Crippen LogP contribution >= 0.6 is 0 Å². The second-order valence-electron chi connectivity index (χ2n) is 4.59. The standard InChI is InChI=1S/C14H20N2O3/c1-3-19-13-8-12(9-13)15-10-5-4-6-11(7-10)16-14(17)18-2/h4-7,12-13,15H,3,8-9H2,1-2H3,(H,16,17). The zero-order valence-corrected chi connectivity index (χ0v) is 11.3. The third kappa shape index (κ3) is 3.86. The molecule has 1 aromatic rings. The number of nitrogens with one attached hydrogen (secondary N) is 2. The van der Waals surface area contributed by atoms with Crippen molar-refractivity contribution in [2.45, 2.75) is 31.9 Å². The number of hydrogen-bond donors (Lipinski definition) is 2. The quantitative estimate of drug-likeness (QED) is 0.858. The summed E-state index contributed by atoms with van der Waals surface area (Å²) in [5, 5.41) is 6.07. The molecule has 2 N–H and O–H groups in total. The molecule has 0 saturated heterocycles. The molecule has 5 nitrogen and oxygen atoms in total. The lowest BCUT2D eigenvalue weighted by Crippen LogP contribution is -2.40. The number of benzene rings is 1. The molecular formula is C14H20N2O3. The fourth-order valence-corrected chi connectivity index (χ4v) is 2.15. The fraction of sp³-hybridized carbons (Fsp3) is 0.500. The SMILES string of the molecule is CCOC1CC(Nc2cccc(NC(=O)OC)c2)C1. The van der Waals surface area contributed by atoms with E-state index < -0.39 is 6.09 Å². The van der Waals surface area contributed by atoms with Crippen molar-refractivity contribution < 1.29 is 14.3 Å². The number of carbonyl (C=O) groups is 1. The highest BCUT2D eigenvalue weighted by Gasteiger charge is 2.29. The molecule has 0 aliphatic heterocycles. The Balaban J connectivity index is 1.84. The van der Waals surface area contributed by atoms with Crippen LogP contribution in [0.3, 0.4) is 0 Å². The van der Waals surface area contributed by atoms with Crippen LogP contribution in [0, 0.1) is 0 Å². The van der Waals surface area contributed by atoms with Crippen LogP contribution in [-0.4, -0.2) is 32.0 Å². The van der Waals surface area contributed by atoms with Crippen LogP contribution in [-0.2, 0) is 9.47 Å². The molecule has 104 valence electrons. The smallest absolute Gasteiger partial charge is 0.411 e. The Morgan fingerprint density at radius 2 is 2.11 bits per heavy atom. The Morgan fingerprint density at radius 1 is 1.37 bits per heavy atom. The highest BCUT2D eigenvalue weighted by Crippen LogP contribution is 2.27. The molecule has 0 radical (unpaired) electrons. The van der Waals surface area contributed by atoms with Gasteiger partial charge in [-0.1, -0.05) is 6.07 Å². The predicted octanol–water partition coefficient (Wildman–Crippen LogP) is 2.84. The van der Waals surface area contributed by atoms with Crippen molar-refractivity contribution >= 4 is 17.5 Å². The maximum Gasteiger partial charge on any atom is 0.411 e. The molecule has 0 aromatic heterocycles. The minimum absolute atomic E-state index is 0.388. The summed E-state index contributed by atoms with van der Waals surface area (Å²) >= 11 is 0. The third-order valence-corrected chi connectivity index (χ3v) is 3.16. The third-order valence-electron chi connectivity index (χ3n) is 3.16. The van der Waals surface area contributed by atoms with Gasteiger partial charge in [0.2, 0.25) is 0 Å². The van der Waals surface area contributed by atoms with E-state index in [2.05, 4.69) is 15.4 Å². The van der Waals surface area contributed by atoms with Gasteiger partial charge in [0.15, 0.2) is 0 Å². The van der Waals surface area contributed by atoms with E-state index in [-0.39, 0.29) is 0 Å². The summed E-state index contributed by atoms with van der Waals surface area (Å²) in [5.41, 5.74) is 1.71. The van der Waals surface area contributed by atoms with Crippen molar-refractivity contribution in [3.63, 3.8) is 0 Å². The van der Waals surface area contributed by atoms with Gasteiger partial charge in [0.25, 0.3) is 0 Å². The minimum Gasteiger partial charge on any atom is -0.453 e. The van der Waals surface area contributed by atoms with Gasteiger partial charge < -0.3 is 14.8 Å². The van der Waals surface area contributed by atoms with Gasteiger partial charge in [0, 0.05) is 24.0 Å².